The van der Waals surface area contributed by atoms with Gasteiger partial charge in [0, 0.05) is 12.1 Å². The largest absolute Gasteiger partial charge is 0.393 e. The first-order valence-electron chi connectivity index (χ1n) is 3.30. The fourth-order valence-corrected chi connectivity index (χ4v) is 1.52. The Kier molecular flexibility index (Phi) is 0.866. The normalized spacial score (nSPS) is 52.9. The van der Waals surface area contributed by atoms with Gasteiger partial charge in [-0.1, -0.05) is 0 Å². The topological polar surface area (TPSA) is 42.2 Å². The van der Waals surface area contributed by atoms with Gasteiger partial charge >= 0.3 is 0 Å². The SMILES string of the molecule is OC1CCC2NC2C1. The van der Waals surface area contributed by atoms with Crippen LogP contribution in [0.25, 0.3) is 0 Å². The third-order valence-electron chi connectivity index (χ3n) is 2.14. The Morgan fingerprint density at radius 1 is 1.25 bits per heavy atom. The van der Waals surface area contributed by atoms with E-state index in [1.807, 2.05) is 0 Å². The molecule has 0 amide bonds. The van der Waals surface area contributed by atoms with Gasteiger partial charge < -0.3 is 10.4 Å². The Morgan fingerprint density at radius 2 is 2.12 bits per heavy atom. The minimum Gasteiger partial charge on any atom is -0.393 e. The Morgan fingerprint density at radius 3 is 2.75 bits per heavy atom. The van der Waals surface area contributed by atoms with Crippen LogP contribution in [-0.4, -0.2) is 23.3 Å². The summed E-state index contributed by atoms with van der Waals surface area (Å²) in [7, 11) is 0. The lowest BCUT2D eigenvalue weighted by atomic mass is 9.98. The molecule has 1 saturated carbocycles. The average Bonchev–Trinajstić information content (AvgIpc) is 2.43. The highest BCUT2D eigenvalue weighted by molar-refractivity contribution is 5.02. The molecule has 0 bridgehead atoms. The first-order chi connectivity index (χ1) is 3.86. The molecule has 2 heteroatoms. The standard InChI is InChI=1S/C6H11NO/c8-4-1-2-5-6(3-4)7-5/h4-8H,1-3H2. The van der Waals surface area contributed by atoms with Gasteiger partial charge in [0.05, 0.1) is 6.10 Å². The van der Waals surface area contributed by atoms with E-state index in [0.717, 1.165) is 18.9 Å². The van der Waals surface area contributed by atoms with Crippen molar-refractivity contribution in [2.24, 2.45) is 0 Å². The van der Waals surface area contributed by atoms with Gasteiger partial charge in [-0.15, -0.1) is 0 Å². The van der Waals surface area contributed by atoms with Crippen LogP contribution >= 0.6 is 0 Å². The molecule has 1 heterocycles. The van der Waals surface area contributed by atoms with Crippen LogP contribution < -0.4 is 5.32 Å². The Balaban J connectivity index is 1.93. The van der Waals surface area contributed by atoms with E-state index in [9.17, 15) is 0 Å². The van der Waals surface area contributed by atoms with Crippen molar-refractivity contribution in [3.8, 4) is 0 Å². The third-order valence-corrected chi connectivity index (χ3v) is 2.14. The predicted octanol–water partition coefficient (Wildman–Crippen LogP) is -0.128. The first-order valence-corrected chi connectivity index (χ1v) is 3.30. The van der Waals surface area contributed by atoms with E-state index < -0.39 is 0 Å². The highest BCUT2D eigenvalue weighted by atomic mass is 16.3. The molecule has 0 spiro atoms. The maximum atomic E-state index is 9.07. The third kappa shape index (κ3) is 0.644. The fourth-order valence-electron chi connectivity index (χ4n) is 1.52. The molecule has 8 heavy (non-hydrogen) atoms. The number of hydrogen-bond donors (Lipinski definition) is 2. The molecule has 2 fully saturated rings. The van der Waals surface area contributed by atoms with Crippen LogP contribution in [0.1, 0.15) is 19.3 Å². The quantitative estimate of drug-likeness (QED) is 0.430. The maximum Gasteiger partial charge on any atom is 0.0556 e. The summed E-state index contributed by atoms with van der Waals surface area (Å²) in [6.45, 7) is 0. The monoisotopic (exact) mass is 113 g/mol. The van der Waals surface area contributed by atoms with Crippen molar-refractivity contribution in [1.29, 1.82) is 0 Å². The molecule has 1 saturated heterocycles. The molecule has 1 aliphatic carbocycles. The molecule has 2 N–H and O–H groups in total. The lowest BCUT2D eigenvalue weighted by Gasteiger charge is -2.12. The van der Waals surface area contributed by atoms with E-state index in [0.29, 0.717) is 6.04 Å². The van der Waals surface area contributed by atoms with Gasteiger partial charge in [0.1, 0.15) is 0 Å². The number of nitrogens with one attached hydrogen (secondary N) is 1. The first kappa shape index (κ1) is 4.77. The summed E-state index contributed by atoms with van der Waals surface area (Å²) in [5, 5.41) is 12.4. The van der Waals surface area contributed by atoms with Crippen molar-refractivity contribution in [1.82, 2.24) is 5.32 Å². The lowest BCUT2D eigenvalue weighted by molar-refractivity contribution is 0.141. The lowest BCUT2D eigenvalue weighted by Crippen LogP contribution is -2.17. The second-order valence-electron chi connectivity index (χ2n) is 2.85. The minimum absolute atomic E-state index is 0.00810. The molecule has 3 atom stereocenters. The van der Waals surface area contributed by atoms with E-state index >= 15 is 0 Å². The van der Waals surface area contributed by atoms with Crippen molar-refractivity contribution in [3.05, 3.63) is 0 Å². The molecule has 1 aliphatic heterocycles. The number of hydrogen-bond acceptors (Lipinski definition) is 2. The number of rotatable bonds is 0. The molecule has 2 nitrogen and oxygen atoms in total. The molecule has 46 valence electrons. The van der Waals surface area contributed by atoms with Gasteiger partial charge in [0.15, 0.2) is 0 Å². The Bertz CT molecular complexity index is 105. The molecule has 0 aromatic rings. The van der Waals surface area contributed by atoms with Gasteiger partial charge in [-0.3, -0.25) is 0 Å². The highest BCUT2D eigenvalue weighted by Crippen LogP contribution is 2.28. The van der Waals surface area contributed by atoms with Crippen molar-refractivity contribution in [2.75, 3.05) is 0 Å². The second-order valence-corrected chi connectivity index (χ2v) is 2.85. The Labute approximate surface area is 48.9 Å². The van der Waals surface area contributed by atoms with Crippen LogP contribution in [0.5, 0.6) is 0 Å². The van der Waals surface area contributed by atoms with Crippen LogP contribution in [0.3, 0.4) is 0 Å². The van der Waals surface area contributed by atoms with Crippen molar-refractivity contribution < 1.29 is 5.11 Å². The summed E-state index contributed by atoms with van der Waals surface area (Å²) in [5.41, 5.74) is 0. The van der Waals surface area contributed by atoms with Crippen LogP contribution in [0.15, 0.2) is 0 Å². The average molecular weight is 113 g/mol. The molecule has 0 radical (unpaired) electrons. The zero-order valence-corrected chi connectivity index (χ0v) is 4.80. The summed E-state index contributed by atoms with van der Waals surface area (Å²) in [6.07, 6.45) is 3.18. The molecular weight excluding hydrogens is 102 g/mol. The highest BCUT2D eigenvalue weighted by Gasteiger charge is 2.40. The van der Waals surface area contributed by atoms with Crippen molar-refractivity contribution in [2.45, 2.75) is 37.5 Å². The van der Waals surface area contributed by atoms with Gasteiger partial charge in [-0.2, -0.15) is 0 Å². The number of aliphatic hydroxyl groups is 1. The summed E-state index contributed by atoms with van der Waals surface area (Å²) < 4.78 is 0. The number of fused-ring (bicyclic) bond motifs is 1. The van der Waals surface area contributed by atoms with Crippen molar-refractivity contribution >= 4 is 0 Å². The van der Waals surface area contributed by atoms with Crippen LogP contribution in [0, 0.1) is 0 Å². The molecule has 2 aliphatic rings. The van der Waals surface area contributed by atoms with E-state index in [1.54, 1.807) is 0 Å². The van der Waals surface area contributed by atoms with Crippen LogP contribution in [0.2, 0.25) is 0 Å². The van der Waals surface area contributed by atoms with E-state index in [-0.39, 0.29) is 6.10 Å². The zero-order valence-electron chi connectivity index (χ0n) is 4.80. The molecule has 3 unspecified atom stereocenters. The van der Waals surface area contributed by atoms with E-state index in [4.69, 9.17) is 5.11 Å². The van der Waals surface area contributed by atoms with Crippen molar-refractivity contribution in [3.63, 3.8) is 0 Å². The van der Waals surface area contributed by atoms with Gasteiger partial charge in [0.2, 0.25) is 0 Å². The van der Waals surface area contributed by atoms with Crippen LogP contribution in [-0.2, 0) is 0 Å². The molecule has 0 aromatic carbocycles. The van der Waals surface area contributed by atoms with Gasteiger partial charge in [-0.05, 0) is 19.3 Å². The maximum absolute atomic E-state index is 9.07. The molecular formula is C6H11NO. The van der Waals surface area contributed by atoms with Gasteiger partial charge in [-0.25, -0.2) is 0 Å². The molecule has 2 rings (SSSR count). The summed E-state index contributed by atoms with van der Waals surface area (Å²) in [6, 6.07) is 1.46. The second kappa shape index (κ2) is 1.45. The minimum atomic E-state index is -0.00810. The smallest absolute Gasteiger partial charge is 0.0556 e. The summed E-state index contributed by atoms with van der Waals surface area (Å²) >= 11 is 0. The zero-order chi connectivity index (χ0) is 5.56. The fraction of sp³-hybridized carbons (Fsp3) is 1.00. The van der Waals surface area contributed by atoms with Crippen LogP contribution in [0.4, 0.5) is 0 Å². The van der Waals surface area contributed by atoms with E-state index in [1.165, 1.54) is 6.42 Å². The Hall–Kier alpha value is -0.0800. The predicted molar refractivity (Wildman–Crippen MR) is 30.6 cm³/mol. The summed E-state index contributed by atoms with van der Waals surface area (Å²) in [4.78, 5) is 0. The number of aliphatic hydroxyl groups excluding tert-OH is 1. The summed E-state index contributed by atoms with van der Waals surface area (Å²) in [5.74, 6) is 0. The molecule has 0 aromatic heterocycles. The van der Waals surface area contributed by atoms with Gasteiger partial charge in [0.25, 0.3) is 0 Å². The van der Waals surface area contributed by atoms with E-state index in [2.05, 4.69) is 5.32 Å².